The van der Waals surface area contributed by atoms with E-state index in [0.29, 0.717) is 28.9 Å². The average Bonchev–Trinajstić information content (AvgIpc) is 2.57. The Kier molecular flexibility index (Phi) is 6.35. The van der Waals surface area contributed by atoms with E-state index in [4.69, 9.17) is 11.0 Å². The van der Waals surface area contributed by atoms with Gasteiger partial charge in [-0.3, -0.25) is 15.6 Å². The van der Waals surface area contributed by atoms with Crippen LogP contribution in [0.15, 0.2) is 46.0 Å². The molecule has 2 rings (SSSR count). The number of benzene rings is 1. The van der Waals surface area contributed by atoms with E-state index < -0.39 is 0 Å². The number of carbonyl (C=O) groups is 1. The molecular formula is C17H19BrN4OS. The number of anilines is 1. The lowest BCUT2D eigenvalue weighted by Gasteiger charge is -2.21. The highest BCUT2D eigenvalue weighted by molar-refractivity contribution is 9.09. The number of nitrogens with one attached hydrogen (secondary N) is 2. The normalized spacial score (nSPS) is 17.1. The maximum absolute atomic E-state index is 12.4. The lowest BCUT2D eigenvalue weighted by Crippen LogP contribution is -2.34. The van der Waals surface area contributed by atoms with E-state index in [9.17, 15) is 4.79 Å². The topological polar surface area (TPSA) is 90.9 Å². The molecule has 1 aromatic rings. The zero-order valence-electron chi connectivity index (χ0n) is 13.5. The summed E-state index contributed by atoms with van der Waals surface area (Å²) in [5, 5.41) is 9.05. The first-order valence-electron chi connectivity index (χ1n) is 7.50. The van der Waals surface area contributed by atoms with Gasteiger partial charge in [-0.05, 0) is 43.4 Å². The van der Waals surface area contributed by atoms with Crippen molar-refractivity contribution in [3.8, 4) is 6.07 Å². The van der Waals surface area contributed by atoms with Gasteiger partial charge in [-0.2, -0.15) is 5.26 Å². The minimum Gasteiger partial charge on any atom is -0.398 e. The number of nitrogens with zero attached hydrogens (tertiary/aromatic N) is 1. The van der Waals surface area contributed by atoms with Crippen LogP contribution in [0.1, 0.15) is 25.8 Å². The second-order valence-electron chi connectivity index (χ2n) is 5.33. The second kappa shape index (κ2) is 8.27. The molecule has 1 amide bonds. The van der Waals surface area contributed by atoms with Crippen molar-refractivity contribution in [2.75, 3.05) is 11.2 Å². The molecule has 7 heteroatoms. The summed E-state index contributed by atoms with van der Waals surface area (Å²) in [5.41, 5.74) is 14.9. The Morgan fingerprint density at radius 3 is 2.96 bits per heavy atom. The summed E-state index contributed by atoms with van der Waals surface area (Å²) in [4.78, 5) is 13.5. The Morgan fingerprint density at radius 1 is 1.54 bits per heavy atom. The fraction of sp³-hybridized carbons (Fsp3) is 0.294. The van der Waals surface area contributed by atoms with Gasteiger partial charge in [0, 0.05) is 21.0 Å². The number of allylic oxidation sites excluding steroid dienone is 2. The van der Waals surface area contributed by atoms with Gasteiger partial charge in [0.1, 0.15) is 0 Å². The number of thioether (sulfide) groups is 1. The average molecular weight is 407 g/mol. The minimum absolute atomic E-state index is 0.110. The highest BCUT2D eigenvalue weighted by Gasteiger charge is 2.22. The van der Waals surface area contributed by atoms with Crippen LogP contribution < -0.4 is 16.6 Å². The predicted molar refractivity (Wildman–Crippen MR) is 102 cm³/mol. The lowest BCUT2D eigenvalue weighted by molar-refractivity contribution is -0.117. The van der Waals surface area contributed by atoms with E-state index in [1.807, 2.05) is 26.0 Å². The summed E-state index contributed by atoms with van der Waals surface area (Å²) >= 11 is 5.17. The van der Waals surface area contributed by atoms with E-state index in [1.54, 1.807) is 23.9 Å². The number of rotatable bonds is 5. The fourth-order valence-electron chi connectivity index (χ4n) is 2.28. The number of carbonyl (C=O) groups excluding carboxylic acids is 1. The third kappa shape index (κ3) is 4.34. The maximum atomic E-state index is 12.4. The van der Waals surface area contributed by atoms with Gasteiger partial charge in [-0.1, -0.05) is 28.4 Å². The Labute approximate surface area is 154 Å². The molecule has 0 bridgehead atoms. The second-order valence-corrected chi connectivity index (χ2v) is 7.74. The monoisotopic (exact) mass is 406 g/mol. The standard InChI is InChI=1S/C17H19BrN4OS/c1-3-24-16-5-4-11(9-19)7-15(16)21-22-17(23)12-8-13(18)10(2)6-14(12)20/h4-7,13,21H,3,8,20H2,1-2H3,(H,22,23). The number of alkyl halides is 1. The molecule has 0 spiro atoms. The van der Waals surface area contributed by atoms with E-state index in [0.717, 1.165) is 16.2 Å². The molecule has 126 valence electrons. The number of amides is 1. The molecular weight excluding hydrogens is 388 g/mol. The van der Waals surface area contributed by atoms with Gasteiger partial charge < -0.3 is 5.73 Å². The quantitative estimate of drug-likeness (QED) is 0.395. The number of nitrogens with two attached hydrogens (primary N) is 1. The van der Waals surface area contributed by atoms with Crippen LogP contribution in [0, 0.1) is 11.3 Å². The van der Waals surface area contributed by atoms with E-state index in [-0.39, 0.29) is 10.7 Å². The van der Waals surface area contributed by atoms with E-state index in [2.05, 4.69) is 32.9 Å². The van der Waals surface area contributed by atoms with Crippen LogP contribution in [0.5, 0.6) is 0 Å². The third-order valence-electron chi connectivity index (χ3n) is 3.60. The van der Waals surface area contributed by atoms with Crippen molar-refractivity contribution < 1.29 is 4.79 Å². The summed E-state index contributed by atoms with van der Waals surface area (Å²) in [7, 11) is 0. The molecule has 1 aliphatic carbocycles. The van der Waals surface area contributed by atoms with Crippen LogP contribution in [0.2, 0.25) is 0 Å². The Hall–Kier alpha value is -1.91. The Balaban J connectivity index is 2.15. The van der Waals surface area contributed by atoms with Crippen LogP contribution in [-0.2, 0) is 4.79 Å². The van der Waals surface area contributed by atoms with Crippen LogP contribution in [0.25, 0.3) is 0 Å². The first-order chi connectivity index (χ1) is 11.5. The van der Waals surface area contributed by atoms with Crippen LogP contribution in [0.3, 0.4) is 0 Å². The van der Waals surface area contributed by atoms with Crippen molar-refractivity contribution in [2.24, 2.45) is 5.73 Å². The van der Waals surface area contributed by atoms with Crippen molar-refractivity contribution in [3.05, 3.63) is 46.7 Å². The molecule has 0 radical (unpaired) electrons. The first-order valence-corrected chi connectivity index (χ1v) is 9.40. The zero-order valence-corrected chi connectivity index (χ0v) is 15.9. The van der Waals surface area contributed by atoms with Gasteiger partial charge >= 0.3 is 0 Å². The van der Waals surface area contributed by atoms with Crippen molar-refractivity contribution in [3.63, 3.8) is 0 Å². The molecule has 1 atom stereocenters. The van der Waals surface area contributed by atoms with Gasteiger partial charge in [0.05, 0.1) is 17.3 Å². The molecule has 1 aromatic carbocycles. The van der Waals surface area contributed by atoms with Crippen molar-refractivity contribution in [1.82, 2.24) is 5.43 Å². The number of halogens is 1. The molecule has 0 saturated heterocycles. The largest absolute Gasteiger partial charge is 0.398 e. The van der Waals surface area contributed by atoms with Gasteiger partial charge in [0.25, 0.3) is 5.91 Å². The summed E-state index contributed by atoms with van der Waals surface area (Å²) in [6.45, 7) is 4.02. The lowest BCUT2D eigenvalue weighted by atomic mass is 9.96. The third-order valence-corrected chi connectivity index (χ3v) is 5.60. The van der Waals surface area contributed by atoms with Crippen LogP contribution in [0.4, 0.5) is 5.69 Å². The summed E-state index contributed by atoms with van der Waals surface area (Å²) in [6, 6.07) is 7.45. The number of hydrogen-bond donors (Lipinski definition) is 3. The van der Waals surface area contributed by atoms with Crippen LogP contribution >= 0.6 is 27.7 Å². The van der Waals surface area contributed by atoms with Gasteiger partial charge in [-0.15, -0.1) is 11.8 Å². The van der Waals surface area contributed by atoms with Gasteiger partial charge in [0.2, 0.25) is 0 Å². The molecule has 0 fully saturated rings. The molecule has 1 unspecified atom stereocenters. The zero-order chi connectivity index (χ0) is 17.7. The molecule has 4 N–H and O–H groups in total. The van der Waals surface area contributed by atoms with Crippen molar-refractivity contribution in [1.29, 1.82) is 5.26 Å². The first kappa shape index (κ1) is 18.4. The number of hydrazine groups is 1. The number of hydrogen-bond acceptors (Lipinski definition) is 5. The fourth-order valence-corrected chi connectivity index (χ4v) is 3.48. The molecule has 0 saturated carbocycles. The van der Waals surface area contributed by atoms with Crippen molar-refractivity contribution in [2.45, 2.75) is 30.0 Å². The SMILES string of the molecule is CCSc1ccc(C#N)cc1NNC(=O)C1=C(N)C=C(C)C(Br)C1. The molecule has 0 aromatic heterocycles. The summed E-state index contributed by atoms with van der Waals surface area (Å²) in [5.74, 6) is 0.623. The number of nitriles is 1. The highest BCUT2D eigenvalue weighted by atomic mass is 79.9. The molecule has 0 heterocycles. The molecule has 0 aliphatic heterocycles. The predicted octanol–water partition coefficient (Wildman–Crippen LogP) is 3.44. The molecule has 5 nitrogen and oxygen atoms in total. The molecule has 1 aliphatic rings. The van der Waals surface area contributed by atoms with Gasteiger partial charge in [0.15, 0.2) is 0 Å². The van der Waals surface area contributed by atoms with Gasteiger partial charge in [-0.25, -0.2) is 0 Å². The summed E-state index contributed by atoms with van der Waals surface area (Å²) < 4.78 is 0. The molecule has 24 heavy (non-hydrogen) atoms. The van der Waals surface area contributed by atoms with Crippen LogP contribution in [-0.4, -0.2) is 16.5 Å². The smallest absolute Gasteiger partial charge is 0.267 e. The maximum Gasteiger partial charge on any atom is 0.267 e. The van der Waals surface area contributed by atoms with E-state index >= 15 is 0 Å². The minimum atomic E-state index is -0.268. The van der Waals surface area contributed by atoms with Crippen molar-refractivity contribution >= 4 is 39.3 Å². The Bertz CT molecular complexity index is 751. The summed E-state index contributed by atoms with van der Waals surface area (Å²) in [6.07, 6.45) is 2.35. The highest BCUT2D eigenvalue weighted by Crippen LogP contribution is 2.29. The van der Waals surface area contributed by atoms with E-state index in [1.165, 1.54) is 0 Å². The Morgan fingerprint density at radius 2 is 2.29 bits per heavy atom.